The second kappa shape index (κ2) is 17.8. The van der Waals surface area contributed by atoms with Crippen LogP contribution < -0.4 is 0 Å². The molecule has 0 nitrogen and oxygen atoms in total. The molecule has 0 spiro atoms. The van der Waals surface area contributed by atoms with Crippen molar-refractivity contribution < 1.29 is 0 Å². The summed E-state index contributed by atoms with van der Waals surface area (Å²) in [6.45, 7) is 6.80. The molecule has 0 atom stereocenters. The highest BCUT2D eigenvalue weighted by Gasteiger charge is 1.94. The van der Waals surface area contributed by atoms with E-state index in [9.17, 15) is 0 Å². The maximum atomic E-state index is 2.43. The van der Waals surface area contributed by atoms with Crippen molar-refractivity contribution in [3.63, 3.8) is 0 Å². The van der Waals surface area contributed by atoms with E-state index in [-0.39, 0.29) is 0 Å². The molecule has 21 heavy (non-hydrogen) atoms. The van der Waals surface area contributed by atoms with Gasteiger partial charge in [0.25, 0.3) is 0 Å². The van der Waals surface area contributed by atoms with Crippen molar-refractivity contribution in [1.29, 1.82) is 0 Å². The van der Waals surface area contributed by atoms with Gasteiger partial charge in [0.15, 0.2) is 0 Å². The van der Waals surface area contributed by atoms with E-state index in [1.54, 1.807) is 5.57 Å². The molecule has 126 valence electrons. The van der Waals surface area contributed by atoms with Crippen LogP contribution in [0.5, 0.6) is 0 Å². The van der Waals surface area contributed by atoms with E-state index in [4.69, 9.17) is 0 Å². The number of allylic oxidation sites excluding steroid dienone is 2. The summed E-state index contributed by atoms with van der Waals surface area (Å²) in [5, 5.41) is 0. The maximum absolute atomic E-state index is 2.43. The standard InChI is InChI=1S/C21H42/c1-4-6-7-8-9-10-11-12-13-14-15-16-17-18-19-20-21(3)5-2/h20H,4-19H2,1-3H3. The normalized spacial score (nSPS) is 12.0. The van der Waals surface area contributed by atoms with Gasteiger partial charge in [-0.2, -0.15) is 0 Å². The van der Waals surface area contributed by atoms with Crippen molar-refractivity contribution in [3.05, 3.63) is 11.6 Å². The van der Waals surface area contributed by atoms with E-state index in [1.165, 1.54) is 103 Å². The van der Waals surface area contributed by atoms with E-state index in [2.05, 4.69) is 26.8 Å². The van der Waals surface area contributed by atoms with Crippen LogP contribution in [0.4, 0.5) is 0 Å². The largest absolute Gasteiger partial charge is 0.0856 e. The molecule has 0 rings (SSSR count). The summed E-state index contributed by atoms with van der Waals surface area (Å²) in [5.41, 5.74) is 1.56. The monoisotopic (exact) mass is 294 g/mol. The quantitative estimate of drug-likeness (QED) is 0.199. The molecule has 0 saturated heterocycles. The summed E-state index contributed by atoms with van der Waals surface area (Å²) < 4.78 is 0. The zero-order chi connectivity index (χ0) is 15.6. The van der Waals surface area contributed by atoms with Crippen LogP contribution in [0.1, 0.15) is 124 Å². The molecule has 0 bridgehead atoms. The first-order chi connectivity index (χ1) is 10.3. The Bertz CT molecular complexity index is 214. The van der Waals surface area contributed by atoms with Gasteiger partial charge in [0.1, 0.15) is 0 Å². The third-order valence-electron chi connectivity index (χ3n) is 4.61. The van der Waals surface area contributed by atoms with Crippen LogP contribution in [0, 0.1) is 0 Å². The van der Waals surface area contributed by atoms with Gasteiger partial charge >= 0.3 is 0 Å². The van der Waals surface area contributed by atoms with Gasteiger partial charge in [-0.15, -0.1) is 0 Å². The molecule has 0 aliphatic carbocycles. The van der Waals surface area contributed by atoms with E-state index < -0.39 is 0 Å². The SMILES string of the molecule is CCCCCCCCCCCCCCCCC=C(C)CC. The van der Waals surface area contributed by atoms with Crippen molar-refractivity contribution >= 4 is 0 Å². The van der Waals surface area contributed by atoms with Crippen molar-refractivity contribution in [1.82, 2.24) is 0 Å². The molecule has 0 aromatic rings. The first-order valence-corrected chi connectivity index (χ1v) is 9.96. The van der Waals surface area contributed by atoms with Crippen molar-refractivity contribution in [2.45, 2.75) is 124 Å². The van der Waals surface area contributed by atoms with Crippen LogP contribution in [0.3, 0.4) is 0 Å². The number of hydrogen-bond acceptors (Lipinski definition) is 0. The second-order valence-electron chi connectivity index (χ2n) is 6.79. The molecule has 0 aliphatic heterocycles. The summed E-state index contributed by atoms with van der Waals surface area (Å²) >= 11 is 0. The minimum atomic E-state index is 1.22. The van der Waals surface area contributed by atoms with E-state index in [0.717, 1.165) is 0 Å². The second-order valence-corrected chi connectivity index (χ2v) is 6.79. The Kier molecular flexibility index (Phi) is 17.6. The molecule has 0 radical (unpaired) electrons. The molecule has 0 saturated carbocycles. The summed E-state index contributed by atoms with van der Waals surface area (Å²) in [5.74, 6) is 0. The fourth-order valence-electron chi connectivity index (χ4n) is 2.83. The lowest BCUT2D eigenvalue weighted by Crippen LogP contribution is -1.83. The zero-order valence-electron chi connectivity index (χ0n) is 15.4. The molecule has 0 N–H and O–H groups in total. The third-order valence-corrected chi connectivity index (χ3v) is 4.61. The Labute approximate surface area is 135 Å². The van der Waals surface area contributed by atoms with Crippen molar-refractivity contribution in [2.75, 3.05) is 0 Å². The van der Waals surface area contributed by atoms with Crippen molar-refractivity contribution in [3.8, 4) is 0 Å². The Morgan fingerprint density at radius 1 is 0.571 bits per heavy atom. The van der Waals surface area contributed by atoms with Crippen LogP contribution in [-0.2, 0) is 0 Å². The molecular formula is C21H42. The van der Waals surface area contributed by atoms with Gasteiger partial charge in [-0.05, 0) is 26.2 Å². The topological polar surface area (TPSA) is 0 Å². The van der Waals surface area contributed by atoms with Gasteiger partial charge in [0.2, 0.25) is 0 Å². The maximum Gasteiger partial charge on any atom is -0.0348 e. The summed E-state index contributed by atoms with van der Waals surface area (Å²) in [4.78, 5) is 0. The van der Waals surface area contributed by atoms with E-state index in [1.807, 2.05) is 0 Å². The Morgan fingerprint density at radius 3 is 1.33 bits per heavy atom. The van der Waals surface area contributed by atoms with Gasteiger partial charge in [-0.1, -0.05) is 109 Å². The van der Waals surface area contributed by atoms with Gasteiger partial charge in [-0.3, -0.25) is 0 Å². The van der Waals surface area contributed by atoms with Gasteiger partial charge in [-0.25, -0.2) is 0 Å². The lowest BCUT2D eigenvalue weighted by molar-refractivity contribution is 0.536. The zero-order valence-corrected chi connectivity index (χ0v) is 15.4. The lowest BCUT2D eigenvalue weighted by atomic mass is 10.0. The third kappa shape index (κ3) is 17.7. The number of rotatable bonds is 16. The molecule has 0 aromatic heterocycles. The van der Waals surface area contributed by atoms with Crippen LogP contribution in [0.15, 0.2) is 11.6 Å². The van der Waals surface area contributed by atoms with Crippen molar-refractivity contribution in [2.24, 2.45) is 0 Å². The Balaban J connectivity index is 3.03. The molecule has 0 heteroatoms. The summed E-state index contributed by atoms with van der Waals surface area (Å²) in [6, 6.07) is 0. The fourth-order valence-corrected chi connectivity index (χ4v) is 2.83. The molecule has 0 amide bonds. The lowest BCUT2D eigenvalue weighted by Gasteiger charge is -2.03. The predicted molar refractivity (Wildman–Crippen MR) is 99.0 cm³/mol. The first-order valence-electron chi connectivity index (χ1n) is 9.96. The minimum absolute atomic E-state index is 1.22. The first kappa shape index (κ1) is 20.7. The number of unbranched alkanes of at least 4 members (excludes halogenated alkanes) is 14. The molecule has 0 aliphatic rings. The smallest absolute Gasteiger partial charge is 0.0348 e. The predicted octanol–water partition coefficient (Wildman–Crippen LogP) is 8.21. The minimum Gasteiger partial charge on any atom is -0.0856 e. The van der Waals surface area contributed by atoms with E-state index in [0.29, 0.717) is 0 Å². The summed E-state index contributed by atoms with van der Waals surface area (Å²) in [7, 11) is 0. The molecule has 0 aromatic carbocycles. The number of hydrogen-bond donors (Lipinski definition) is 0. The molecule has 0 unspecified atom stereocenters. The van der Waals surface area contributed by atoms with Crippen LogP contribution >= 0.6 is 0 Å². The average Bonchev–Trinajstić information content (AvgIpc) is 2.50. The van der Waals surface area contributed by atoms with Crippen LogP contribution in [0.2, 0.25) is 0 Å². The molecule has 0 fully saturated rings. The molecule has 0 heterocycles. The summed E-state index contributed by atoms with van der Waals surface area (Å²) in [6.07, 6.45) is 25.3. The Morgan fingerprint density at radius 2 is 0.952 bits per heavy atom. The van der Waals surface area contributed by atoms with Crippen LogP contribution in [-0.4, -0.2) is 0 Å². The fraction of sp³-hybridized carbons (Fsp3) is 0.905. The van der Waals surface area contributed by atoms with E-state index >= 15 is 0 Å². The van der Waals surface area contributed by atoms with Gasteiger partial charge < -0.3 is 0 Å². The highest BCUT2D eigenvalue weighted by Crippen LogP contribution is 2.13. The van der Waals surface area contributed by atoms with Gasteiger partial charge in [0.05, 0.1) is 0 Å². The molecular weight excluding hydrogens is 252 g/mol. The average molecular weight is 295 g/mol. The highest BCUT2D eigenvalue weighted by atomic mass is 14.0. The van der Waals surface area contributed by atoms with Crippen LogP contribution in [0.25, 0.3) is 0 Å². The Hall–Kier alpha value is -0.260. The van der Waals surface area contributed by atoms with Gasteiger partial charge in [0, 0.05) is 0 Å². The highest BCUT2D eigenvalue weighted by molar-refractivity contribution is 4.96.